The molecule has 0 radical (unpaired) electrons. The summed E-state index contributed by atoms with van der Waals surface area (Å²) in [6, 6.07) is 15.4. The Hall–Kier alpha value is -2.36. The minimum Gasteiger partial charge on any atom is -0.449 e. The van der Waals surface area contributed by atoms with Crippen molar-refractivity contribution in [2.75, 3.05) is 11.9 Å². The lowest BCUT2D eigenvalue weighted by atomic mass is 10.2. The van der Waals surface area contributed by atoms with Crippen LogP contribution < -0.4 is 5.32 Å². The van der Waals surface area contributed by atoms with Crippen LogP contribution in [-0.2, 0) is 17.6 Å². The van der Waals surface area contributed by atoms with Gasteiger partial charge in [-0.2, -0.15) is 0 Å². The van der Waals surface area contributed by atoms with Crippen LogP contribution in [-0.4, -0.2) is 17.7 Å². The number of amides is 1. The summed E-state index contributed by atoms with van der Waals surface area (Å²) in [5.74, 6) is 0.522. The quantitative estimate of drug-likeness (QED) is 0.905. The standard InChI is InChI=1S/C16H18N2O2/c1-2-14-9-6-10-15(17-14)18-16(19)20-12-11-13-7-4-3-5-8-13/h3-10H,2,11-12H2,1H3,(H,17,18,19). The van der Waals surface area contributed by atoms with Crippen LogP contribution in [0.25, 0.3) is 0 Å². The maximum absolute atomic E-state index is 11.6. The topological polar surface area (TPSA) is 51.2 Å². The molecule has 4 nitrogen and oxygen atoms in total. The van der Waals surface area contributed by atoms with Gasteiger partial charge in [0, 0.05) is 12.1 Å². The van der Waals surface area contributed by atoms with Crippen molar-refractivity contribution >= 4 is 11.9 Å². The van der Waals surface area contributed by atoms with Crippen LogP contribution in [0.3, 0.4) is 0 Å². The molecule has 0 spiro atoms. The number of ether oxygens (including phenoxy) is 1. The summed E-state index contributed by atoms with van der Waals surface area (Å²) in [6.45, 7) is 2.37. The average molecular weight is 270 g/mol. The molecule has 1 heterocycles. The Labute approximate surface area is 118 Å². The summed E-state index contributed by atoms with van der Waals surface area (Å²) in [5, 5.41) is 2.63. The summed E-state index contributed by atoms with van der Waals surface area (Å²) < 4.78 is 5.13. The van der Waals surface area contributed by atoms with Gasteiger partial charge in [0.1, 0.15) is 5.82 Å². The second kappa shape index (κ2) is 7.28. The summed E-state index contributed by atoms with van der Waals surface area (Å²) in [6.07, 6.45) is 1.07. The van der Waals surface area contributed by atoms with E-state index in [0.29, 0.717) is 18.8 Å². The Morgan fingerprint density at radius 1 is 1.15 bits per heavy atom. The molecule has 0 aliphatic carbocycles. The highest BCUT2D eigenvalue weighted by Crippen LogP contribution is 2.06. The number of rotatable bonds is 5. The van der Waals surface area contributed by atoms with Crippen molar-refractivity contribution in [1.82, 2.24) is 4.98 Å². The molecule has 0 unspecified atom stereocenters. The largest absolute Gasteiger partial charge is 0.449 e. The van der Waals surface area contributed by atoms with E-state index in [2.05, 4.69) is 10.3 Å². The third-order valence-electron chi connectivity index (χ3n) is 2.87. The smallest absolute Gasteiger partial charge is 0.412 e. The van der Waals surface area contributed by atoms with Gasteiger partial charge in [-0.05, 0) is 24.1 Å². The van der Waals surface area contributed by atoms with Crippen LogP contribution >= 0.6 is 0 Å². The van der Waals surface area contributed by atoms with E-state index in [4.69, 9.17) is 4.74 Å². The number of aryl methyl sites for hydroxylation is 1. The Morgan fingerprint density at radius 3 is 2.70 bits per heavy atom. The second-order valence-corrected chi connectivity index (χ2v) is 4.36. The van der Waals surface area contributed by atoms with Gasteiger partial charge < -0.3 is 4.74 Å². The summed E-state index contributed by atoms with van der Waals surface area (Å²) in [4.78, 5) is 15.9. The van der Waals surface area contributed by atoms with Gasteiger partial charge in [-0.3, -0.25) is 5.32 Å². The fourth-order valence-corrected chi connectivity index (χ4v) is 1.79. The molecule has 0 aliphatic rings. The zero-order valence-corrected chi connectivity index (χ0v) is 11.5. The molecular formula is C16H18N2O2. The lowest BCUT2D eigenvalue weighted by Crippen LogP contribution is -2.16. The number of pyridine rings is 1. The molecule has 0 atom stereocenters. The van der Waals surface area contributed by atoms with E-state index in [-0.39, 0.29) is 0 Å². The van der Waals surface area contributed by atoms with Crippen LogP contribution in [0, 0.1) is 0 Å². The SMILES string of the molecule is CCc1cccc(NC(=O)OCCc2ccccc2)n1. The van der Waals surface area contributed by atoms with Crippen LogP contribution in [0.4, 0.5) is 10.6 Å². The summed E-state index contributed by atoms with van der Waals surface area (Å²) in [5.41, 5.74) is 2.08. The van der Waals surface area contributed by atoms with Gasteiger partial charge in [-0.1, -0.05) is 43.3 Å². The van der Waals surface area contributed by atoms with Crippen molar-refractivity contribution in [2.45, 2.75) is 19.8 Å². The van der Waals surface area contributed by atoms with Gasteiger partial charge in [-0.25, -0.2) is 9.78 Å². The third kappa shape index (κ3) is 4.39. The molecule has 0 saturated carbocycles. The molecule has 4 heteroatoms. The number of hydrogen-bond donors (Lipinski definition) is 1. The number of anilines is 1. The van der Waals surface area contributed by atoms with Crippen LogP contribution in [0.2, 0.25) is 0 Å². The predicted molar refractivity (Wildman–Crippen MR) is 78.7 cm³/mol. The van der Waals surface area contributed by atoms with Crippen molar-refractivity contribution in [3.63, 3.8) is 0 Å². The molecule has 0 bridgehead atoms. The Kier molecular flexibility index (Phi) is 5.12. The van der Waals surface area contributed by atoms with Crippen LogP contribution in [0.15, 0.2) is 48.5 Å². The highest BCUT2D eigenvalue weighted by molar-refractivity contribution is 5.83. The van der Waals surface area contributed by atoms with E-state index < -0.39 is 6.09 Å². The van der Waals surface area contributed by atoms with E-state index in [0.717, 1.165) is 17.7 Å². The zero-order chi connectivity index (χ0) is 14.2. The third-order valence-corrected chi connectivity index (χ3v) is 2.87. The number of nitrogens with one attached hydrogen (secondary N) is 1. The first-order valence-electron chi connectivity index (χ1n) is 6.71. The van der Waals surface area contributed by atoms with Gasteiger partial charge >= 0.3 is 6.09 Å². The van der Waals surface area contributed by atoms with Gasteiger partial charge in [0.15, 0.2) is 0 Å². The predicted octanol–water partition coefficient (Wildman–Crippen LogP) is 3.44. The van der Waals surface area contributed by atoms with E-state index in [1.807, 2.05) is 49.4 Å². The van der Waals surface area contributed by atoms with Crippen molar-refractivity contribution < 1.29 is 9.53 Å². The van der Waals surface area contributed by atoms with Crippen LogP contribution in [0.5, 0.6) is 0 Å². The van der Waals surface area contributed by atoms with E-state index in [9.17, 15) is 4.79 Å². The minimum atomic E-state index is -0.471. The number of carbonyl (C=O) groups excluding carboxylic acids is 1. The first-order valence-corrected chi connectivity index (χ1v) is 6.71. The monoisotopic (exact) mass is 270 g/mol. The first-order chi connectivity index (χ1) is 9.78. The summed E-state index contributed by atoms with van der Waals surface area (Å²) in [7, 11) is 0. The number of carbonyl (C=O) groups is 1. The molecule has 104 valence electrons. The van der Waals surface area contributed by atoms with Gasteiger partial charge in [0.25, 0.3) is 0 Å². The van der Waals surface area contributed by atoms with Gasteiger partial charge in [0.05, 0.1) is 6.61 Å². The zero-order valence-electron chi connectivity index (χ0n) is 11.5. The minimum absolute atomic E-state index is 0.351. The van der Waals surface area contributed by atoms with Gasteiger partial charge in [0.2, 0.25) is 0 Å². The molecular weight excluding hydrogens is 252 g/mol. The number of benzene rings is 1. The van der Waals surface area contributed by atoms with E-state index >= 15 is 0 Å². The van der Waals surface area contributed by atoms with E-state index in [1.165, 1.54) is 0 Å². The maximum atomic E-state index is 11.6. The average Bonchev–Trinajstić information content (AvgIpc) is 2.48. The number of nitrogens with zero attached hydrogens (tertiary/aromatic N) is 1. The molecule has 2 aromatic rings. The second-order valence-electron chi connectivity index (χ2n) is 4.36. The normalized spacial score (nSPS) is 10.1. The highest BCUT2D eigenvalue weighted by Gasteiger charge is 2.04. The van der Waals surface area contributed by atoms with E-state index in [1.54, 1.807) is 6.07 Å². The highest BCUT2D eigenvalue weighted by atomic mass is 16.5. The molecule has 1 amide bonds. The summed E-state index contributed by atoms with van der Waals surface area (Å²) >= 11 is 0. The molecule has 0 aliphatic heterocycles. The molecule has 0 fully saturated rings. The van der Waals surface area contributed by atoms with Crippen molar-refractivity contribution in [1.29, 1.82) is 0 Å². The Morgan fingerprint density at radius 2 is 1.95 bits per heavy atom. The molecule has 0 saturated heterocycles. The van der Waals surface area contributed by atoms with Crippen molar-refractivity contribution in [3.8, 4) is 0 Å². The molecule has 1 aromatic carbocycles. The number of aromatic nitrogens is 1. The Bertz CT molecular complexity index is 555. The van der Waals surface area contributed by atoms with Gasteiger partial charge in [-0.15, -0.1) is 0 Å². The Balaban J connectivity index is 1.77. The maximum Gasteiger partial charge on any atom is 0.412 e. The van der Waals surface area contributed by atoms with Crippen molar-refractivity contribution in [3.05, 3.63) is 59.8 Å². The fraction of sp³-hybridized carbons (Fsp3) is 0.250. The molecule has 1 N–H and O–H groups in total. The molecule has 1 aromatic heterocycles. The van der Waals surface area contributed by atoms with Crippen LogP contribution in [0.1, 0.15) is 18.2 Å². The lowest BCUT2D eigenvalue weighted by Gasteiger charge is -2.07. The fourth-order valence-electron chi connectivity index (χ4n) is 1.79. The van der Waals surface area contributed by atoms with Crippen molar-refractivity contribution in [2.24, 2.45) is 0 Å². The first kappa shape index (κ1) is 14.1. The number of hydrogen-bond acceptors (Lipinski definition) is 3. The lowest BCUT2D eigenvalue weighted by molar-refractivity contribution is 0.163. The molecule has 20 heavy (non-hydrogen) atoms. The molecule has 2 rings (SSSR count).